The van der Waals surface area contributed by atoms with Crippen molar-refractivity contribution in [3.8, 4) is 27.9 Å². The molecule has 46 heavy (non-hydrogen) atoms. The van der Waals surface area contributed by atoms with E-state index in [9.17, 15) is 9.59 Å². The van der Waals surface area contributed by atoms with Crippen molar-refractivity contribution in [2.75, 3.05) is 18.0 Å². The van der Waals surface area contributed by atoms with Crippen LogP contribution in [0, 0.1) is 0 Å². The fourth-order valence-corrected chi connectivity index (χ4v) is 6.56. The molecule has 3 aromatic heterocycles. The van der Waals surface area contributed by atoms with Gasteiger partial charge >= 0.3 is 11.3 Å². The van der Waals surface area contributed by atoms with E-state index in [1.54, 1.807) is 6.07 Å². The zero-order chi connectivity index (χ0) is 31.4. The Hall–Kier alpha value is -5.88. The van der Waals surface area contributed by atoms with Crippen LogP contribution < -0.4 is 16.2 Å². The number of hydrogen-bond donors (Lipinski definition) is 0. The van der Waals surface area contributed by atoms with Crippen LogP contribution in [0.5, 0.6) is 0 Å². The summed E-state index contributed by atoms with van der Waals surface area (Å²) < 4.78 is 13.8. The van der Waals surface area contributed by atoms with Gasteiger partial charge in [0.15, 0.2) is 0 Å². The third kappa shape index (κ3) is 4.49. The summed E-state index contributed by atoms with van der Waals surface area (Å²) >= 11 is 0. The maximum Gasteiger partial charge on any atom is 0.344 e. The first-order valence-corrected chi connectivity index (χ1v) is 15.5. The summed E-state index contributed by atoms with van der Waals surface area (Å²) in [5.74, 6) is 0. The van der Waals surface area contributed by atoms with Crippen LogP contribution in [-0.4, -0.2) is 17.7 Å². The van der Waals surface area contributed by atoms with Gasteiger partial charge in [0, 0.05) is 52.1 Å². The molecule has 0 N–H and O–H groups in total. The first kappa shape index (κ1) is 27.7. The van der Waals surface area contributed by atoms with Gasteiger partial charge in [-0.25, -0.2) is 9.59 Å². The van der Waals surface area contributed by atoms with Gasteiger partial charge in [0.05, 0.1) is 22.2 Å². The number of benzene rings is 5. The van der Waals surface area contributed by atoms with Crippen molar-refractivity contribution in [2.45, 2.75) is 13.8 Å². The molecule has 8 rings (SSSR count). The number of fused-ring (bicyclic) bond motifs is 5. The van der Waals surface area contributed by atoms with E-state index in [0.717, 1.165) is 68.2 Å². The third-order valence-corrected chi connectivity index (χ3v) is 8.89. The Balaban J connectivity index is 1.34. The molecule has 5 aromatic carbocycles. The van der Waals surface area contributed by atoms with Gasteiger partial charge in [-0.3, -0.25) is 0 Å². The number of aromatic nitrogens is 1. The Labute approximate surface area is 264 Å². The van der Waals surface area contributed by atoms with Crippen molar-refractivity contribution in [3.05, 3.63) is 142 Å². The largest absolute Gasteiger partial charge is 0.422 e. The van der Waals surface area contributed by atoms with Gasteiger partial charge in [-0.15, -0.1) is 0 Å². The molecule has 0 radical (unpaired) electrons. The second kappa shape index (κ2) is 10.9. The molecule has 6 heteroatoms. The molecule has 0 amide bonds. The number of rotatable bonds is 6. The first-order valence-electron chi connectivity index (χ1n) is 15.5. The lowest BCUT2D eigenvalue weighted by molar-refractivity contribution is 0.563. The molecule has 0 atom stereocenters. The maximum atomic E-state index is 13.4. The van der Waals surface area contributed by atoms with E-state index in [-0.39, 0.29) is 11.3 Å². The van der Waals surface area contributed by atoms with Crippen LogP contribution in [0.3, 0.4) is 0 Å². The fraction of sp³-hybridized carbons (Fsp3) is 0.100. The highest BCUT2D eigenvalue weighted by Crippen LogP contribution is 2.37. The molecule has 6 nitrogen and oxygen atoms in total. The first-order chi connectivity index (χ1) is 22.5. The normalized spacial score (nSPS) is 11.6. The SMILES string of the molecule is CCN(CC)c1ccc2cc(-c3ccc4c(c3)c3cc(-c5cc6ccccc6oc5=O)ccc3n4-c3ccccc3)c(=O)oc2c1. The van der Waals surface area contributed by atoms with Gasteiger partial charge in [-0.05, 0) is 91.7 Å². The van der Waals surface area contributed by atoms with E-state index in [1.807, 2.05) is 91.0 Å². The lowest BCUT2D eigenvalue weighted by atomic mass is 10.0. The van der Waals surface area contributed by atoms with E-state index in [1.165, 1.54) is 0 Å². The number of anilines is 1. The standard InChI is InChI=1S/C40H30N2O4/c1-3-41(4-2)30-17-14-28-23-32(40(44)46-38(28)24-30)26-16-19-36-34(21-26)33-20-25(15-18-35(33)42(36)29-11-6-5-7-12-29)31-22-27-10-8-9-13-37(27)45-39(31)43/h5-24H,3-4H2,1-2H3. The highest BCUT2D eigenvalue weighted by Gasteiger charge is 2.18. The molecular weight excluding hydrogens is 572 g/mol. The van der Waals surface area contributed by atoms with Crippen LogP contribution in [-0.2, 0) is 0 Å². The van der Waals surface area contributed by atoms with Crippen LogP contribution >= 0.6 is 0 Å². The zero-order valence-corrected chi connectivity index (χ0v) is 25.5. The lowest BCUT2D eigenvalue weighted by Crippen LogP contribution is -2.21. The highest BCUT2D eigenvalue weighted by atomic mass is 16.4. The molecule has 0 unspecified atom stereocenters. The summed E-state index contributed by atoms with van der Waals surface area (Å²) in [5.41, 5.74) is 6.89. The van der Waals surface area contributed by atoms with Crippen LogP contribution in [0.2, 0.25) is 0 Å². The number of para-hydroxylation sites is 2. The molecule has 8 aromatic rings. The van der Waals surface area contributed by atoms with Crippen LogP contribution in [0.1, 0.15) is 13.8 Å². The second-order valence-corrected chi connectivity index (χ2v) is 11.5. The van der Waals surface area contributed by atoms with Crippen LogP contribution in [0.15, 0.2) is 140 Å². The Morgan fingerprint density at radius 3 is 1.76 bits per heavy atom. The van der Waals surface area contributed by atoms with Gasteiger partial charge in [-0.2, -0.15) is 0 Å². The summed E-state index contributed by atoms with van der Waals surface area (Å²) in [6, 6.07) is 39.6. The summed E-state index contributed by atoms with van der Waals surface area (Å²) in [7, 11) is 0. The Kier molecular flexibility index (Phi) is 6.57. The molecule has 0 spiro atoms. The number of hydrogen-bond acceptors (Lipinski definition) is 5. The van der Waals surface area contributed by atoms with E-state index < -0.39 is 0 Å². The summed E-state index contributed by atoms with van der Waals surface area (Å²) in [4.78, 5) is 28.8. The quantitative estimate of drug-likeness (QED) is 0.178. The average Bonchev–Trinajstić information content (AvgIpc) is 3.41. The molecule has 0 aliphatic rings. The van der Waals surface area contributed by atoms with E-state index in [0.29, 0.717) is 22.3 Å². The molecule has 0 bridgehead atoms. The summed E-state index contributed by atoms with van der Waals surface area (Å²) in [6.07, 6.45) is 0. The second-order valence-electron chi connectivity index (χ2n) is 11.5. The van der Waals surface area contributed by atoms with Crippen LogP contribution in [0.4, 0.5) is 5.69 Å². The average molecular weight is 603 g/mol. The number of nitrogens with zero attached hydrogens (tertiary/aromatic N) is 2. The summed E-state index contributed by atoms with van der Waals surface area (Å²) in [5, 5.41) is 3.64. The van der Waals surface area contributed by atoms with Gasteiger partial charge in [0.1, 0.15) is 11.2 Å². The molecule has 0 aliphatic heterocycles. The summed E-state index contributed by atoms with van der Waals surface area (Å²) in [6.45, 7) is 5.96. The van der Waals surface area contributed by atoms with Gasteiger partial charge in [0.25, 0.3) is 0 Å². The fourth-order valence-electron chi connectivity index (χ4n) is 6.56. The molecule has 0 saturated carbocycles. The van der Waals surface area contributed by atoms with Crippen molar-refractivity contribution >= 4 is 49.4 Å². The Morgan fingerprint density at radius 1 is 0.565 bits per heavy atom. The molecule has 0 aliphatic carbocycles. The van der Waals surface area contributed by atoms with Gasteiger partial charge in [-0.1, -0.05) is 48.5 Å². The molecule has 3 heterocycles. The van der Waals surface area contributed by atoms with Gasteiger partial charge < -0.3 is 18.3 Å². The minimum atomic E-state index is -0.386. The minimum Gasteiger partial charge on any atom is -0.422 e. The smallest absolute Gasteiger partial charge is 0.344 e. The molecule has 224 valence electrons. The Morgan fingerprint density at radius 2 is 1.13 bits per heavy atom. The highest BCUT2D eigenvalue weighted by molar-refractivity contribution is 6.11. The van der Waals surface area contributed by atoms with Crippen molar-refractivity contribution in [3.63, 3.8) is 0 Å². The Bertz CT molecular complexity index is 2550. The zero-order valence-electron chi connectivity index (χ0n) is 25.5. The maximum absolute atomic E-state index is 13.4. The topological polar surface area (TPSA) is 68.6 Å². The van der Waals surface area contributed by atoms with E-state index in [4.69, 9.17) is 8.83 Å². The third-order valence-electron chi connectivity index (χ3n) is 8.89. The van der Waals surface area contributed by atoms with Crippen molar-refractivity contribution < 1.29 is 8.83 Å². The van der Waals surface area contributed by atoms with Crippen molar-refractivity contribution in [1.29, 1.82) is 0 Å². The molecular formula is C40H30N2O4. The predicted octanol–water partition coefficient (Wildman–Crippen LogP) is 9.18. The molecule has 0 saturated heterocycles. The van der Waals surface area contributed by atoms with Gasteiger partial charge in [0.2, 0.25) is 0 Å². The monoisotopic (exact) mass is 602 g/mol. The van der Waals surface area contributed by atoms with E-state index in [2.05, 4.69) is 47.6 Å². The van der Waals surface area contributed by atoms with E-state index >= 15 is 0 Å². The van der Waals surface area contributed by atoms with Crippen molar-refractivity contribution in [1.82, 2.24) is 4.57 Å². The predicted molar refractivity (Wildman–Crippen MR) is 187 cm³/mol. The lowest BCUT2D eigenvalue weighted by Gasteiger charge is -2.21. The van der Waals surface area contributed by atoms with Crippen molar-refractivity contribution in [2.24, 2.45) is 0 Å². The van der Waals surface area contributed by atoms with Crippen LogP contribution in [0.25, 0.3) is 71.7 Å². The molecule has 0 fully saturated rings. The minimum absolute atomic E-state index is 0.384.